The van der Waals surface area contributed by atoms with Gasteiger partial charge in [0.25, 0.3) is 5.91 Å². The molecule has 1 N–H and O–H groups in total. The Morgan fingerprint density at radius 1 is 1.19 bits per heavy atom. The molecule has 1 fully saturated rings. The van der Waals surface area contributed by atoms with Crippen molar-refractivity contribution in [2.45, 2.75) is 32.2 Å². The van der Waals surface area contributed by atoms with Crippen molar-refractivity contribution >= 4 is 21.8 Å². The minimum absolute atomic E-state index is 0.0707. The van der Waals surface area contributed by atoms with E-state index in [1.54, 1.807) is 6.07 Å². The molecule has 0 aromatic heterocycles. The molecule has 0 aliphatic carbocycles. The predicted molar refractivity (Wildman–Crippen MR) is 106 cm³/mol. The Kier molecular flexibility index (Phi) is 6.43. The minimum Gasteiger partial charge on any atom is -0.351 e. The number of halogens is 2. The summed E-state index contributed by atoms with van der Waals surface area (Å²) in [7, 11) is 0. The molecule has 3 rings (SSSR count). The summed E-state index contributed by atoms with van der Waals surface area (Å²) in [6.07, 6.45) is 2.60. The van der Waals surface area contributed by atoms with Crippen molar-refractivity contribution in [3.63, 3.8) is 0 Å². The van der Waals surface area contributed by atoms with Gasteiger partial charge in [-0.1, -0.05) is 47.1 Å². The molecule has 138 valence electrons. The quantitative estimate of drug-likeness (QED) is 0.735. The zero-order chi connectivity index (χ0) is 18.5. The van der Waals surface area contributed by atoms with Gasteiger partial charge in [0.2, 0.25) is 0 Å². The van der Waals surface area contributed by atoms with Gasteiger partial charge in [0.05, 0.1) is 5.56 Å². The van der Waals surface area contributed by atoms with Crippen LogP contribution in [-0.4, -0.2) is 30.4 Å². The lowest BCUT2D eigenvalue weighted by molar-refractivity contribution is 0.0947. The second kappa shape index (κ2) is 8.78. The van der Waals surface area contributed by atoms with Crippen LogP contribution in [0.25, 0.3) is 0 Å². The summed E-state index contributed by atoms with van der Waals surface area (Å²) < 4.78 is 14.5. The van der Waals surface area contributed by atoms with E-state index in [9.17, 15) is 9.18 Å². The molecule has 0 bridgehead atoms. The van der Waals surface area contributed by atoms with E-state index in [-0.39, 0.29) is 17.4 Å². The summed E-state index contributed by atoms with van der Waals surface area (Å²) in [5.41, 5.74) is 2.57. The third-order valence-electron chi connectivity index (χ3n) is 4.90. The lowest BCUT2D eigenvalue weighted by Crippen LogP contribution is -2.28. The van der Waals surface area contributed by atoms with Crippen molar-refractivity contribution in [3.05, 3.63) is 69.4 Å². The lowest BCUT2D eigenvalue weighted by Gasteiger charge is -2.17. The maximum atomic E-state index is 13.9. The zero-order valence-electron chi connectivity index (χ0n) is 15.0. The molecule has 3 nitrogen and oxygen atoms in total. The SMILES string of the molecule is CC(CNC(=O)c1ccc(Br)cc1F)c1ccc(CN2CCCC2)cc1. The van der Waals surface area contributed by atoms with Crippen LogP contribution in [0.4, 0.5) is 4.39 Å². The van der Waals surface area contributed by atoms with E-state index in [0.29, 0.717) is 11.0 Å². The molecule has 2 aromatic carbocycles. The summed E-state index contributed by atoms with van der Waals surface area (Å²) in [6.45, 7) is 5.93. The third kappa shape index (κ3) is 4.92. The van der Waals surface area contributed by atoms with Crippen LogP contribution >= 0.6 is 15.9 Å². The van der Waals surface area contributed by atoms with Crippen molar-refractivity contribution in [3.8, 4) is 0 Å². The van der Waals surface area contributed by atoms with Crippen LogP contribution in [0, 0.1) is 5.82 Å². The molecule has 2 aromatic rings. The number of hydrogen-bond donors (Lipinski definition) is 1. The molecule has 1 atom stereocenters. The number of benzene rings is 2. The molecular formula is C21H24BrFN2O. The molecular weight excluding hydrogens is 395 g/mol. The number of carbonyl (C=O) groups is 1. The highest BCUT2D eigenvalue weighted by Crippen LogP contribution is 2.19. The molecule has 0 saturated carbocycles. The average Bonchev–Trinajstić information content (AvgIpc) is 3.13. The highest BCUT2D eigenvalue weighted by atomic mass is 79.9. The van der Waals surface area contributed by atoms with E-state index in [1.807, 2.05) is 0 Å². The molecule has 1 saturated heterocycles. The topological polar surface area (TPSA) is 32.3 Å². The first kappa shape index (κ1) is 19.1. The molecule has 26 heavy (non-hydrogen) atoms. The first-order chi connectivity index (χ1) is 12.5. The Bertz CT molecular complexity index is 757. The standard InChI is InChI=1S/C21H24BrFN2O/c1-15(13-24-21(26)19-9-8-18(22)12-20(19)23)17-6-4-16(5-7-17)14-25-10-2-3-11-25/h4-9,12,15H,2-3,10-11,13-14H2,1H3,(H,24,26). The number of amides is 1. The molecule has 0 spiro atoms. The Morgan fingerprint density at radius 2 is 1.88 bits per heavy atom. The number of hydrogen-bond acceptors (Lipinski definition) is 2. The van der Waals surface area contributed by atoms with Crippen molar-refractivity contribution in [1.82, 2.24) is 10.2 Å². The summed E-state index contributed by atoms with van der Waals surface area (Å²) in [5, 5.41) is 2.83. The van der Waals surface area contributed by atoms with Crippen molar-refractivity contribution < 1.29 is 9.18 Å². The molecule has 1 aliphatic rings. The van der Waals surface area contributed by atoms with E-state index in [1.165, 1.54) is 49.2 Å². The van der Waals surface area contributed by atoms with Crippen molar-refractivity contribution in [2.24, 2.45) is 0 Å². The van der Waals surface area contributed by atoms with Gasteiger partial charge in [-0.2, -0.15) is 0 Å². The van der Waals surface area contributed by atoms with Gasteiger partial charge >= 0.3 is 0 Å². The fourth-order valence-electron chi connectivity index (χ4n) is 3.28. The van der Waals surface area contributed by atoms with Gasteiger partial charge in [0, 0.05) is 17.6 Å². The van der Waals surface area contributed by atoms with Crippen LogP contribution in [0.3, 0.4) is 0 Å². The monoisotopic (exact) mass is 418 g/mol. The van der Waals surface area contributed by atoms with E-state index >= 15 is 0 Å². The number of likely N-dealkylation sites (tertiary alicyclic amines) is 1. The molecule has 1 unspecified atom stereocenters. The average molecular weight is 419 g/mol. The van der Waals surface area contributed by atoms with Gasteiger partial charge in [-0.25, -0.2) is 4.39 Å². The van der Waals surface area contributed by atoms with Crippen LogP contribution in [0.15, 0.2) is 46.9 Å². The summed E-state index contributed by atoms with van der Waals surface area (Å²) in [5.74, 6) is -0.735. The number of rotatable bonds is 6. The Morgan fingerprint density at radius 3 is 2.54 bits per heavy atom. The highest BCUT2D eigenvalue weighted by Gasteiger charge is 2.14. The second-order valence-corrected chi connectivity index (χ2v) is 7.88. The van der Waals surface area contributed by atoms with E-state index in [2.05, 4.69) is 57.3 Å². The Balaban J connectivity index is 1.54. The fraction of sp³-hybridized carbons (Fsp3) is 0.381. The highest BCUT2D eigenvalue weighted by molar-refractivity contribution is 9.10. The molecule has 5 heteroatoms. The number of carbonyl (C=O) groups excluding carboxylic acids is 1. The van der Waals surface area contributed by atoms with Gasteiger partial charge < -0.3 is 5.32 Å². The fourth-order valence-corrected chi connectivity index (χ4v) is 3.62. The van der Waals surface area contributed by atoms with Crippen LogP contribution in [0.1, 0.15) is 47.2 Å². The van der Waals surface area contributed by atoms with E-state index < -0.39 is 5.82 Å². The molecule has 1 aliphatic heterocycles. The zero-order valence-corrected chi connectivity index (χ0v) is 16.6. The number of nitrogens with one attached hydrogen (secondary N) is 1. The third-order valence-corrected chi connectivity index (χ3v) is 5.39. The molecule has 1 amide bonds. The minimum atomic E-state index is -0.518. The van der Waals surface area contributed by atoms with Gasteiger partial charge in [0.15, 0.2) is 0 Å². The van der Waals surface area contributed by atoms with E-state index in [0.717, 1.165) is 6.54 Å². The number of nitrogens with zero attached hydrogens (tertiary/aromatic N) is 1. The van der Waals surface area contributed by atoms with Crippen LogP contribution in [-0.2, 0) is 6.54 Å². The lowest BCUT2D eigenvalue weighted by atomic mass is 9.99. The Hall–Kier alpha value is -1.72. The van der Waals surface area contributed by atoms with Gasteiger partial charge in [-0.15, -0.1) is 0 Å². The second-order valence-electron chi connectivity index (χ2n) is 6.96. The summed E-state index contributed by atoms with van der Waals surface area (Å²) in [6, 6.07) is 13.1. The Labute approximate surface area is 162 Å². The van der Waals surface area contributed by atoms with Crippen LogP contribution in [0.5, 0.6) is 0 Å². The van der Waals surface area contributed by atoms with Crippen molar-refractivity contribution in [2.75, 3.05) is 19.6 Å². The van der Waals surface area contributed by atoms with Crippen molar-refractivity contribution in [1.29, 1.82) is 0 Å². The molecule has 0 radical (unpaired) electrons. The summed E-state index contributed by atoms with van der Waals surface area (Å²) in [4.78, 5) is 14.7. The molecule has 1 heterocycles. The van der Waals surface area contributed by atoms with Crippen LogP contribution in [0.2, 0.25) is 0 Å². The first-order valence-corrected chi connectivity index (χ1v) is 9.86. The first-order valence-electron chi connectivity index (χ1n) is 9.07. The van der Waals surface area contributed by atoms with Gasteiger partial charge in [-0.3, -0.25) is 9.69 Å². The largest absolute Gasteiger partial charge is 0.351 e. The van der Waals surface area contributed by atoms with Crippen LogP contribution < -0.4 is 5.32 Å². The van der Waals surface area contributed by atoms with Gasteiger partial charge in [0.1, 0.15) is 5.82 Å². The maximum absolute atomic E-state index is 13.9. The van der Waals surface area contributed by atoms with Gasteiger partial charge in [-0.05, 0) is 61.2 Å². The maximum Gasteiger partial charge on any atom is 0.254 e. The summed E-state index contributed by atoms with van der Waals surface area (Å²) >= 11 is 3.20. The predicted octanol–water partition coefficient (Wildman–Crippen LogP) is 4.72. The normalized spacial score (nSPS) is 15.8. The van der Waals surface area contributed by atoms with E-state index in [4.69, 9.17) is 0 Å². The smallest absolute Gasteiger partial charge is 0.254 e.